The summed E-state index contributed by atoms with van der Waals surface area (Å²) in [5, 5.41) is 1.16. The number of nitrogens with zero attached hydrogens (tertiary/aromatic N) is 3. The van der Waals surface area contributed by atoms with E-state index < -0.39 is 0 Å². The van der Waals surface area contributed by atoms with E-state index in [4.69, 9.17) is 0 Å². The number of hydrogen-bond acceptors (Lipinski definition) is 3. The first-order valence-electron chi connectivity index (χ1n) is 6.59. The van der Waals surface area contributed by atoms with Gasteiger partial charge in [-0.3, -0.25) is 9.78 Å². The van der Waals surface area contributed by atoms with Crippen LogP contribution in [0.25, 0.3) is 10.9 Å². The minimum absolute atomic E-state index is 0.167. The zero-order chi connectivity index (χ0) is 13.2. The van der Waals surface area contributed by atoms with Gasteiger partial charge in [0.15, 0.2) is 0 Å². The Hall–Kier alpha value is -2.10. The van der Waals surface area contributed by atoms with Crippen LogP contribution in [0.4, 0.5) is 5.69 Å². The number of carbonyl (C=O) groups excluding carboxylic acids is 1. The Morgan fingerprint density at radius 1 is 1.16 bits per heavy atom. The van der Waals surface area contributed by atoms with E-state index in [1.54, 1.807) is 6.92 Å². The molecule has 0 spiro atoms. The Morgan fingerprint density at radius 2 is 1.95 bits per heavy atom. The maximum atomic E-state index is 11.3. The smallest absolute Gasteiger partial charge is 0.219 e. The van der Waals surface area contributed by atoms with E-state index in [1.807, 2.05) is 17.2 Å². The summed E-state index contributed by atoms with van der Waals surface area (Å²) in [6, 6.07) is 10.4. The summed E-state index contributed by atoms with van der Waals surface area (Å²) in [5.74, 6) is 0.167. The maximum Gasteiger partial charge on any atom is 0.219 e. The second kappa shape index (κ2) is 4.88. The Kier molecular flexibility index (Phi) is 3.07. The van der Waals surface area contributed by atoms with E-state index >= 15 is 0 Å². The van der Waals surface area contributed by atoms with Crippen LogP contribution < -0.4 is 4.90 Å². The predicted octanol–water partition coefficient (Wildman–Crippen LogP) is 1.90. The number of carbonyl (C=O) groups is 1. The zero-order valence-electron chi connectivity index (χ0n) is 11.0. The molecule has 98 valence electrons. The fourth-order valence-electron chi connectivity index (χ4n) is 2.53. The van der Waals surface area contributed by atoms with Crippen LogP contribution in [0.3, 0.4) is 0 Å². The number of rotatable bonds is 1. The molecule has 1 aromatic carbocycles. The molecule has 1 amide bonds. The first-order valence-corrected chi connectivity index (χ1v) is 6.59. The number of piperazine rings is 1. The van der Waals surface area contributed by atoms with Crippen LogP contribution in [-0.4, -0.2) is 42.0 Å². The normalized spacial score (nSPS) is 15.8. The highest BCUT2D eigenvalue weighted by Crippen LogP contribution is 2.21. The molecule has 0 aliphatic carbocycles. The third kappa shape index (κ3) is 2.38. The third-order valence-electron chi connectivity index (χ3n) is 3.68. The molecule has 2 aromatic rings. The van der Waals surface area contributed by atoms with E-state index in [1.165, 1.54) is 5.69 Å². The molecule has 0 unspecified atom stereocenters. The molecule has 4 heteroatoms. The van der Waals surface area contributed by atoms with Gasteiger partial charge in [-0.25, -0.2) is 0 Å². The van der Waals surface area contributed by atoms with Crippen LogP contribution in [0, 0.1) is 0 Å². The highest BCUT2D eigenvalue weighted by atomic mass is 16.2. The summed E-state index contributed by atoms with van der Waals surface area (Å²) < 4.78 is 0. The number of anilines is 1. The second-order valence-electron chi connectivity index (χ2n) is 4.87. The van der Waals surface area contributed by atoms with Crippen molar-refractivity contribution >= 4 is 22.5 Å². The summed E-state index contributed by atoms with van der Waals surface area (Å²) in [6.45, 7) is 5.01. The van der Waals surface area contributed by atoms with Crippen LogP contribution in [0.2, 0.25) is 0 Å². The largest absolute Gasteiger partial charge is 0.368 e. The molecule has 4 nitrogen and oxygen atoms in total. The first kappa shape index (κ1) is 12.0. The van der Waals surface area contributed by atoms with Crippen LogP contribution >= 0.6 is 0 Å². The van der Waals surface area contributed by atoms with Crippen molar-refractivity contribution < 1.29 is 4.79 Å². The SMILES string of the molecule is CC(=O)N1CCN(c2ccc3cccnc3c2)CC1. The molecule has 19 heavy (non-hydrogen) atoms. The summed E-state index contributed by atoms with van der Waals surface area (Å²) in [6.07, 6.45) is 1.82. The van der Waals surface area contributed by atoms with E-state index in [0.29, 0.717) is 0 Å². The molecule has 0 saturated carbocycles. The van der Waals surface area contributed by atoms with Crippen molar-refractivity contribution in [1.29, 1.82) is 0 Å². The molecule has 1 aromatic heterocycles. The number of fused-ring (bicyclic) bond motifs is 1. The topological polar surface area (TPSA) is 36.4 Å². The van der Waals surface area contributed by atoms with Gasteiger partial charge in [-0.2, -0.15) is 0 Å². The van der Waals surface area contributed by atoms with Crippen LogP contribution in [0.1, 0.15) is 6.92 Å². The lowest BCUT2D eigenvalue weighted by Crippen LogP contribution is -2.48. The number of amides is 1. The van der Waals surface area contributed by atoms with Crippen molar-refractivity contribution in [3.63, 3.8) is 0 Å². The van der Waals surface area contributed by atoms with Gasteiger partial charge in [0.1, 0.15) is 0 Å². The molecule has 1 saturated heterocycles. The molecular formula is C15H17N3O. The molecule has 0 atom stereocenters. The van der Waals surface area contributed by atoms with Crippen molar-refractivity contribution in [3.05, 3.63) is 36.5 Å². The molecule has 1 fully saturated rings. The summed E-state index contributed by atoms with van der Waals surface area (Å²) in [7, 11) is 0. The van der Waals surface area contributed by atoms with Gasteiger partial charge in [0.25, 0.3) is 0 Å². The molecule has 2 heterocycles. The van der Waals surface area contributed by atoms with Gasteiger partial charge in [-0.15, -0.1) is 0 Å². The second-order valence-corrected chi connectivity index (χ2v) is 4.87. The maximum absolute atomic E-state index is 11.3. The first-order chi connectivity index (χ1) is 9.24. The average Bonchev–Trinajstić information content (AvgIpc) is 2.47. The lowest BCUT2D eigenvalue weighted by molar-refractivity contribution is -0.129. The predicted molar refractivity (Wildman–Crippen MR) is 76.2 cm³/mol. The Labute approximate surface area is 112 Å². The van der Waals surface area contributed by atoms with Gasteiger partial charge in [-0.1, -0.05) is 12.1 Å². The lowest BCUT2D eigenvalue weighted by Gasteiger charge is -2.35. The van der Waals surface area contributed by atoms with Gasteiger partial charge in [-0.05, 0) is 18.2 Å². The number of benzene rings is 1. The highest BCUT2D eigenvalue weighted by molar-refractivity contribution is 5.82. The van der Waals surface area contributed by atoms with Crippen molar-refractivity contribution in [3.8, 4) is 0 Å². The highest BCUT2D eigenvalue weighted by Gasteiger charge is 2.18. The number of pyridine rings is 1. The molecule has 0 N–H and O–H groups in total. The molecule has 3 rings (SSSR count). The van der Waals surface area contributed by atoms with Gasteiger partial charge >= 0.3 is 0 Å². The van der Waals surface area contributed by atoms with Gasteiger partial charge in [0.2, 0.25) is 5.91 Å². The van der Waals surface area contributed by atoms with Gasteiger partial charge in [0, 0.05) is 50.4 Å². The summed E-state index contributed by atoms with van der Waals surface area (Å²) in [4.78, 5) is 19.9. The molecule has 0 radical (unpaired) electrons. The molecule has 1 aliphatic heterocycles. The van der Waals surface area contributed by atoms with Gasteiger partial charge in [0.05, 0.1) is 5.52 Å². The third-order valence-corrected chi connectivity index (χ3v) is 3.68. The van der Waals surface area contributed by atoms with Crippen molar-refractivity contribution in [2.45, 2.75) is 6.92 Å². The summed E-state index contributed by atoms with van der Waals surface area (Å²) >= 11 is 0. The molecule has 1 aliphatic rings. The van der Waals surface area contributed by atoms with E-state index in [-0.39, 0.29) is 5.91 Å². The summed E-state index contributed by atoms with van der Waals surface area (Å²) in [5.41, 5.74) is 2.21. The van der Waals surface area contributed by atoms with Crippen LogP contribution in [0.15, 0.2) is 36.5 Å². The van der Waals surface area contributed by atoms with Crippen molar-refractivity contribution in [2.24, 2.45) is 0 Å². The van der Waals surface area contributed by atoms with Crippen LogP contribution in [0.5, 0.6) is 0 Å². The lowest BCUT2D eigenvalue weighted by atomic mass is 10.1. The minimum Gasteiger partial charge on any atom is -0.368 e. The van der Waals surface area contributed by atoms with E-state index in [2.05, 4.69) is 34.1 Å². The zero-order valence-corrected chi connectivity index (χ0v) is 11.0. The van der Waals surface area contributed by atoms with Crippen LogP contribution in [-0.2, 0) is 4.79 Å². The van der Waals surface area contributed by atoms with E-state index in [9.17, 15) is 4.79 Å². The quantitative estimate of drug-likeness (QED) is 0.781. The monoisotopic (exact) mass is 255 g/mol. The number of hydrogen-bond donors (Lipinski definition) is 0. The Morgan fingerprint density at radius 3 is 2.68 bits per heavy atom. The van der Waals surface area contributed by atoms with Gasteiger partial charge < -0.3 is 9.80 Å². The molecular weight excluding hydrogens is 238 g/mol. The van der Waals surface area contributed by atoms with Crippen molar-refractivity contribution in [1.82, 2.24) is 9.88 Å². The van der Waals surface area contributed by atoms with E-state index in [0.717, 1.165) is 37.1 Å². The van der Waals surface area contributed by atoms with Crippen molar-refractivity contribution in [2.75, 3.05) is 31.1 Å². The minimum atomic E-state index is 0.167. The fraction of sp³-hybridized carbons (Fsp3) is 0.333. The fourth-order valence-corrected chi connectivity index (χ4v) is 2.53. The average molecular weight is 255 g/mol. The Balaban J connectivity index is 1.80. The Bertz CT molecular complexity index is 603. The molecule has 0 bridgehead atoms. The standard InChI is InChI=1S/C15H17N3O/c1-12(19)17-7-9-18(10-8-17)14-5-4-13-3-2-6-16-15(13)11-14/h2-6,11H,7-10H2,1H3. The number of aromatic nitrogens is 1.